The summed E-state index contributed by atoms with van der Waals surface area (Å²) in [5.41, 5.74) is 1.31. The minimum absolute atomic E-state index is 0.127. The molecule has 0 aliphatic heterocycles. The van der Waals surface area contributed by atoms with Crippen molar-refractivity contribution in [2.75, 3.05) is 23.3 Å². The number of sulfonamides is 1. The third-order valence-electron chi connectivity index (χ3n) is 6.71. The van der Waals surface area contributed by atoms with Gasteiger partial charge in [0, 0.05) is 11.6 Å². The number of carbonyl (C=O) groups is 2. The van der Waals surface area contributed by atoms with Crippen molar-refractivity contribution in [1.82, 2.24) is 5.32 Å². The van der Waals surface area contributed by atoms with Crippen LogP contribution in [-0.2, 0) is 14.8 Å². The lowest BCUT2D eigenvalue weighted by Crippen LogP contribution is -2.38. The molecule has 0 aliphatic carbocycles. The van der Waals surface area contributed by atoms with Gasteiger partial charge in [-0.05, 0) is 61.9 Å². The Labute approximate surface area is 249 Å². The van der Waals surface area contributed by atoms with Gasteiger partial charge >= 0.3 is 0 Å². The average molecular weight is 603 g/mol. The van der Waals surface area contributed by atoms with Gasteiger partial charge in [-0.25, -0.2) is 8.42 Å². The van der Waals surface area contributed by atoms with E-state index >= 15 is 0 Å². The van der Waals surface area contributed by atoms with Gasteiger partial charge in [0.2, 0.25) is 5.91 Å². The van der Waals surface area contributed by atoms with Crippen LogP contribution in [0.5, 0.6) is 5.75 Å². The number of nitro groups is 1. The van der Waals surface area contributed by atoms with Crippen LogP contribution in [0.1, 0.15) is 34.5 Å². The molecule has 4 aromatic carbocycles. The largest absolute Gasteiger partial charge is 0.497 e. The van der Waals surface area contributed by atoms with Crippen molar-refractivity contribution in [2.45, 2.75) is 24.8 Å². The van der Waals surface area contributed by atoms with Crippen LogP contribution in [0.25, 0.3) is 0 Å². The Morgan fingerprint density at radius 2 is 1.60 bits per heavy atom. The second kappa shape index (κ2) is 13.2. The Bertz CT molecular complexity index is 1740. The minimum atomic E-state index is -4.46. The SMILES string of the molecule is COc1ccc(N(CC(=O)Nc2ccccc2C(=O)N[C@@H](C)c2ccccc2)S(=O)(=O)c2ccc(C)c([N+](=O)[O-])c2)cc1. The van der Waals surface area contributed by atoms with E-state index in [1.54, 1.807) is 18.2 Å². The van der Waals surface area contributed by atoms with Crippen LogP contribution in [0.3, 0.4) is 0 Å². The summed E-state index contributed by atoms with van der Waals surface area (Å²) in [6, 6.07) is 24.9. The lowest BCUT2D eigenvalue weighted by atomic mass is 10.1. The van der Waals surface area contributed by atoms with E-state index < -0.39 is 33.3 Å². The van der Waals surface area contributed by atoms with Gasteiger partial charge in [0.1, 0.15) is 12.3 Å². The predicted molar refractivity (Wildman–Crippen MR) is 163 cm³/mol. The number of anilines is 2. The van der Waals surface area contributed by atoms with E-state index in [4.69, 9.17) is 4.74 Å². The summed E-state index contributed by atoms with van der Waals surface area (Å²) in [6.07, 6.45) is 0. The number of para-hydroxylation sites is 1. The lowest BCUT2D eigenvalue weighted by molar-refractivity contribution is -0.385. The first-order chi connectivity index (χ1) is 20.5. The molecule has 43 heavy (non-hydrogen) atoms. The molecule has 0 unspecified atom stereocenters. The maximum atomic E-state index is 13.8. The van der Waals surface area contributed by atoms with Gasteiger partial charge in [0.05, 0.1) is 39.9 Å². The molecule has 12 heteroatoms. The quantitative estimate of drug-likeness (QED) is 0.176. The number of hydrogen-bond acceptors (Lipinski definition) is 7. The summed E-state index contributed by atoms with van der Waals surface area (Å²) in [4.78, 5) is 37.0. The van der Waals surface area contributed by atoms with Gasteiger partial charge in [-0.1, -0.05) is 48.5 Å². The molecule has 2 amide bonds. The Hall–Kier alpha value is -5.23. The van der Waals surface area contributed by atoms with E-state index in [2.05, 4.69) is 10.6 Å². The summed E-state index contributed by atoms with van der Waals surface area (Å²) in [6.45, 7) is 2.64. The van der Waals surface area contributed by atoms with Crippen molar-refractivity contribution in [3.8, 4) is 5.75 Å². The minimum Gasteiger partial charge on any atom is -0.497 e. The van der Waals surface area contributed by atoms with Crippen molar-refractivity contribution < 1.29 is 27.7 Å². The third-order valence-corrected chi connectivity index (χ3v) is 8.48. The molecule has 1 atom stereocenters. The molecule has 2 N–H and O–H groups in total. The fourth-order valence-electron chi connectivity index (χ4n) is 4.35. The lowest BCUT2D eigenvalue weighted by Gasteiger charge is -2.24. The molecule has 0 aromatic heterocycles. The summed E-state index contributed by atoms with van der Waals surface area (Å²) >= 11 is 0. The van der Waals surface area contributed by atoms with E-state index in [0.717, 1.165) is 15.9 Å². The van der Waals surface area contributed by atoms with Gasteiger partial charge in [-0.3, -0.25) is 24.0 Å². The third kappa shape index (κ3) is 7.16. The number of nitrogens with one attached hydrogen (secondary N) is 2. The first kappa shape index (κ1) is 30.7. The molecule has 0 saturated heterocycles. The summed E-state index contributed by atoms with van der Waals surface area (Å²) in [5.74, 6) is -0.711. The van der Waals surface area contributed by atoms with E-state index in [9.17, 15) is 28.1 Å². The number of hydrogen-bond donors (Lipinski definition) is 2. The van der Waals surface area contributed by atoms with Crippen LogP contribution in [-0.4, -0.2) is 38.8 Å². The number of benzene rings is 4. The highest BCUT2D eigenvalue weighted by Crippen LogP contribution is 2.29. The molecular weight excluding hydrogens is 572 g/mol. The second-order valence-corrected chi connectivity index (χ2v) is 11.5. The van der Waals surface area contributed by atoms with E-state index in [0.29, 0.717) is 5.75 Å². The Kier molecular flexibility index (Phi) is 9.41. The Balaban J connectivity index is 1.63. The number of nitro benzene ring substituents is 1. The molecule has 4 aromatic rings. The van der Waals surface area contributed by atoms with E-state index in [1.165, 1.54) is 56.5 Å². The Morgan fingerprint density at radius 1 is 0.953 bits per heavy atom. The van der Waals surface area contributed by atoms with Crippen LogP contribution in [0, 0.1) is 17.0 Å². The molecule has 0 bridgehead atoms. The molecule has 11 nitrogen and oxygen atoms in total. The zero-order valence-electron chi connectivity index (χ0n) is 23.7. The van der Waals surface area contributed by atoms with E-state index in [1.807, 2.05) is 37.3 Å². The molecule has 0 saturated carbocycles. The average Bonchev–Trinajstić information content (AvgIpc) is 3.00. The highest BCUT2D eigenvalue weighted by Gasteiger charge is 2.30. The highest BCUT2D eigenvalue weighted by atomic mass is 32.2. The topological polar surface area (TPSA) is 148 Å². The van der Waals surface area contributed by atoms with Crippen molar-refractivity contribution >= 4 is 38.9 Å². The van der Waals surface area contributed by atoms with Gasteiger partial charge in [0.15, 0.2) is 0 Å². The van der Waals surface area contributed by atoms with Crippen molar-refractivity contribution in [3.05, 3.63) is 124 Å². The van der Waals surface area contributed by atoms with Crippen LogP contribution in [0.4, 0.5) is 17.1 Å². The smallest absolute Gasteiger partial charge is 0.273 e. The molecule has 0 spiro atoms. The number of amides is 2. The Morgan fingerprint density at radius 3 is 2.26 bits per heavy atom. The van der Waals surface area contributed by atoms with Crippen LogP contribution >= 0.6 is 0 Å². The number of rotatable bonds is 11. The van der Waals surface area contributed by atoms with Gasteiger partial charge in [-0.2, -0.15) is 0 Å². The number of methoxy groups -OCH3 is 1. The van der Waals surface area contributed by atoms with Gasteiger partial charge in [-0.15, -0.1) is 0 Å². The molecule has 4 rings (SSSR count). The zero-order valence-corrected chi connectivity index (χ0v) is 24.5. The summed E-state index contributed by atoms with van der Waals surface area (Å²) in [5, 5.41) is 17.1. The fourth-order valence-corrected chi connectivity index (χ4v) is 5.79. The number of ether oxygens (including phenoxy) is 1. The molecule has 0 aliphatic rings. The van der Waals surface area contributed by atoms with Gasteiger partial charge < -0.3 is 15.4 Å². The second-order valence-electron chi connectivity index (χ2n) is 9.61. The van der Waals surface area contributed by atoms with Crippen molar-refractivity contribution in [3.63, 3.8) is 0 Å². The maximum Gasteiger partial charge on any atom is 0.273 e. The maximum absolute atomic E-state index is 13.8. The normalized spacial score (nSPS) is 11.7. The van der Waals surface area contributed by atoms with Crippen LogP contribution in [0.15, 0.2) is 102 Å². The molecule has 0 fully saturated rings. The standard InChI is InChI=1S/C31H30N4O7S/c1-21-13-18-26(19-29(21)35(38)39)43(40,41)34(24-14-16-25(42-3)17-15-24)20-30(36)33-28-12-8-7-11-27(28)31(37)32-22(2)23-9-5-4-6-10-23/h4-19,22H,20H2,1-3H3,(H,32,37)(H,33,36)/t22-/m0/s1. The molecule has 0 heterocycles. The molecular formula is C31H30N4O7S. The fraction of sp³-hybridized carbons (Fsp3) is 0.161. The van der Waals surface area contributed by atoms with Crippen LogP contribution in [0.2, 0.25) is 0 Å². The monoisotopic (exact) mass is 602 g/mol. The van der Waals surface area contributed by atoms with Crippen molar-refractivity contribution in [1.29, 1.82) is 0 Å². The van der Waals surface area contributed by atoms with Gasteiger partial charge in [0.25, 0.3) is 21.6 Å². The highest BCUT2D eigenvalue weighted by molar-refractivity contribution is 7.92. The number of nitrogens with zero attached hydrogens (tertiary/aromatic N) is 2. The van der Waals surface area contributed by atoms with Crippen molar-refractivity contribution in [2.24, 2.45) is 0 Å². The summed E-state index contributed by atoms with van der Waals surface area (Å²) < 4.78 is 33.7. The molecule has 222 valence electrons. The van der Waals surface area contributed by atoms with E-state index in [-0.39, 0.29) is 39.1 Å². The summed E-state index contributed by atoms with van der Waals surface area (Å²) in [7, 11) is -3.00. The zero-order chi connectivity index (χ0) is 31.1. The molecule has 0 radical (unpaired) electrons. The number of carbonyl (C=O) groups excluding carboxylic acids is 2. The first-order valence-corrected chi connectivity index (χ1v) is 14.6. The number of aryl methyl sites for hydroxylation is 1. The predicted octanol–water partition coefficient (Wildman–Crippen LogP) is 5.24. The first-order valence-electron chi connectivity index (χ1n) is 13.2. The van der Waals surface area contributed by atoms with Crippen LogP contribution < -0.4 is 19.7 Å².